The summed E-state index contributed by atoms with van der Waals surface area (Å²) in [5, 5.41) is 10.4. The maximum absolute atomic E-state index is 10.4. The van der Waals surface area contributed by atoms with E-state index in [9.17, 15) is 5.26 Å². The first-order valence-electron chi connectivity index (χ1n) is 10.6. The number of nitrogens with zero attached hydrogens (tertiary/aromatic N) is 2. The molecule has 0 aliphatic heterocycles. The second kappa shape index (κ2) is 10.2. The van der Waals surface area contributed by atoms with Crippen LogP contribution in [0.25, 0.3) is 0 Å². The van der Waals surface area contributed by atoms with E-state index in [1.807, 2.05) is 6.07 Å². The van der Waals surface area contributed by atoms with Crippen LogP contribution in [0.1, 0.15) is 56.6 Å². The summed E-state index contributed by atoms with van der Waals surface area (Å²) < 4.78 is 1.08. The Hall–Kier alpha value is -1.63. The van der Waals surface area contributed by atoms with Crippen molar-refractivity contribution in [3.8, 4) is 6.07 Å². The van der Waals surface area contributed by atoms with Gasteiger partial charge in [0.25, 0.3) is 0 Å². The van der Waals surface area contributed by atoms with Crippen LogP contribution in [0.15, 0.2) is 59.1 Å². The smallest absolute Gasteiger partial charge is 0.0861 e. The minimum atomic E-state index is -0.372. The molecule has 1 atom stereocenters. The summed E-state index contributed by atoms with van der Waals surface area (Å²) in [6.07, 6.45) is 6.85. The number of benzene rings is 2. The van der Waals surface area contributed by atoms with Gasteiger partial charge in [-0.3, -0.25) is 4.90 Å². The molecule has 2 aromatic carbocycles. The molecule has 0 radical (unpaired) electrons. The molecule has 1 saturated carbocycles. The van der Waals surface area contributed by atoms with Gasteiger partial charge in [0.2, 0.25) is 0 Å². The molecule has 1 aliphatic carbocycles. The van der Waals surface area contributed by atoms with Gasteiger partial charge in [0.05, 0.1) is 11.5 Å². The van der Waals surface area contributed by atoms with Gasteiger partial charge in [-0.1, -0.05) is 84.2 Å². The van der Waals surface area contributed by atoms with E-state index in [0.717, 1.165) is 36.9 Å². The van der Waals surface area contributed by atoms with E-state index in [2.05, 4.69) is 82.4 Å². The van der Waals surface area contributed by atoms with Gasteiger partial charge in [-0.2, -0.15) is 5.26 Å². The Labute approximate surface area is 178 Å². The first-order chi connectivity index (χ1) is 13.7. The summed E-state index contributed by atoms with van der Waals surface area (Å²) in [5.74, 6) is 0.473. The quantitative estimate of drug-likeness (QED) is 0.435. The molecular weight excluding hydrogens is 408 g/mol. The van der Waals surface area contributed by atoms with Gasteiger partial charge in [-0.25, -0.2) is 0 Å². The van der Waals surface area contributed by atoms with Gasteiger partial charge in [0, 0.05) is 11.0 Å². The van der Waals surface area contributed by atoms with Crippen LogP contribution >= 0.6 is 15.9 Å². The third-order valence-electron chi connectivity index (χ3n) is 6.35. The fourth-order valence-electron chi connectivity index (χ4n) is 4.78. The molecule has 0 aromatic heterocycles. The van der Waals surface area contributed by atoms with E-state index in [4.69, 9.17) is 0 Å². The molecule has 1 fully saturated rings. The van der Waals surface area contributed by atoms with Crippen molar-refractivity contribution in [2.45, 2.75) is 57.4 Å². The topological polar surface area (TPSA) is 27.0 Å². The molecule has 148 valence electrons. The Morgan fingerprint density at radius 1 is 1.07 bits per heavy atom. The van der Waals surface area contributed by atoms with Gasteiger partial charge >= 0.3 is 0 Å². The normalized spacial score (nSPS) is 16.8. The Morgan fingerprint density at radius 2 is 1.75 bits per heavy atom. The van der Waals surface area contributed by atoms with Crippen molar-refractivity contribution in [1.82, 2.24) is 4.90 Å². The molecule has 2 aromatic rings. The molecule has 0 spiro atoms. The largest absolute Gasteiger partial charge is 0.299 e. The fraction of sp³-hybridized carbons (Fsp3) is 0.480. The van der Waals surface area contributed by atoms with E-state index in [0.29, 0.717) is 5.92 Å². The van der Waals surface area contributed by atoms with E-state index in [1.54, 1.807) is 0 Å². The van der Waals surface area contributed by atoms with Crippen molar-refractivity contribution in [3.05, 3.63) is 70.2 Å². The zero-order valence-electron chi connectivity index (χ0n) is 16.9. The Morgan fingerprint density at radius 3 is 2.39 bits per heavy atom. The van der Waals surface area contributed by atoms with Crippen LogP contribution in [0.4, 0.5) is 0 Å². The Bertz CT molecular complexity index is 777. The SMILES string of the molecule is CCN(CCCC(C#N)(c1ccccc1Br)C1CCCC1)Cc1ccccc1. The van der Waals surface area contributed by atoms with E-state index < -0.39 is 0 Å². The summed E-state index contributed by atoms with van der Waals surface area (Å²) in [6, 6.07) is 21.9. The lowest BCUT2D eigenvalue weighted by molar-refractivity contribution is 0.247. The van der Waals surface area contributed by atoms with Gasteiger partial charge in [-0.15, -0.1) is 0 Å². The lowest BCUT2D eigenvalue weighted by Gasteiger charge is -2.35. The second-order valence-corrected chi connectivity index (χ2v) is 8.86. The van der Waals surface area contributed by atoms with Crippen molar-refractivity contribution in [1.29, 1.82) is 5.26 Å². The average Bonchev–Trinajstić information content (AvgIpc) is 3.27. The number of rotatable bonds is 9. The third kappa shape index (κ3) is 4.85. The summed E-state index contributed by atoms with van der Waals surface area (Å²) in [7, 11) is 0. The first kappa shape index (κ1) is 21.1. The second-order valence-electron chi connectivity index (χ2n) is 8.00. The standard InChI is InChI=1S/C25H31BrN2/c1-2-28(19-21-11-4-3-5-12-21)18-10-17-25(20-27,22-13-6-7-14-22)23-15-8-9-16-24(23)26/h3-5,8-9,11-12,15-16,22H,2,6-7,10,13-14,17-19H2,1H3. The fourth-order valence-corrected chi connectivity index (χ4v) is 5.42. The van der Waals surface area contributed by atoms with E-state index in [1.165, 1.54) is 36.8 Å². The van der Waals surface area contributed by atoms with Crippen LogP contribution in [0.3, 0.4) is 0 Å². The van der Waals surface area contributed by atoms with Crippen molar-refractivity contribution >= 4 is 15.9 Å². The number of hydrogen-bond acceptors (Lipinski definition) is 2. The van der Waals surface area contributed by atoms with E-state index >= 15 is 0 Å². The van der Waals surface area contributed by atoms with Gasteiger partial charge in [0.15, 0.2) is 0 Å². The average molecular weight is 439 g/mol. The Kier molecular flexibility index (Phi) is 7.71. The van der Waals surface area contributed by atoms with Crippen LogP contribution in [0.2, 0.25) is 0 Å². The van der Waals surface area contributed by atoms with Crippen LogP contribution < -0.4 is 0 Å². The minimum absolute atomic E-state index is 0.372. The highest BCUT2D eigenvalue weighted by atomic mass is 79.9. The molecule has 28 heavy (non-hydrogen) atoms. The predicted molar refractivity (Wildman–Crippen MR) is 120 cm³/mol. The third-order valence-corrected chi connectivity index (χ3v) is 7.04. The molecule has 2 nitrogen and oxygen atoms in total. The molecule has 1 unspecified atom stereocenters. The number of hydrogen-bond donors (Lipinski definition) is 0. The van der Waals surface area contributed by atoms with Crippen LogP contribution in [0.5, 0.6) is 0 Å². The molecule has 0 heterocycles. The monoisotopic (exact) mass is 438 g/mol. The van der Waals surface area contributed by atoms with Crippen molar-refractivity contribution in [2.24, 2.45) is 5.92 Å². The van der Waals surface area contributed by atoms with Crippen molar-refractivity contribution in [2.75, 3.05) is 13.1 Å². The summed E-state index contributed by atoms with van der Waals surface area (Å²) in [6.45, 7) is 5.28. The first-order valence-corrected chi connectivity index (χ1v) is 11.4. The maximum Gasteiger partial charge on any atom is 0.0861 e. The van der Waals surface area contributed by atoms with E-state index in [-0.39, 0.29) is 5.41 Å². The summed E-state index contributed by atoms with van der Waals surface area (Å²) in [4.78, 5) is 2.49. The lowest BCUT2D eigenvalue weighted by atomic mass is 9.67. The van der Waals surface area contributed by atoms with Gasteiger partial charge in [-0.05, 0) is 61.9 Å². The molecule has 0 bridgehead atoms. The highest BCUT2D eigenvalue weighted by Crippen LogP contribution is 2.47. The molecule has 0 amide bonds. The molecule has 1 aliphatic rings. The molecule has 0 saturated heterocycles. The number of halogens is 1. The predicted octanol–water partition coefficient (Wildman–Crippen LogP) is 6.70. The summed E-state index contributed by atoms with van der Waals surface area (Å²) >= 11 is 3.74. The molecular formula is C25H31BrN2. The zero-order chi connectivity index (χ0) is 19.8. The highest BCUT2D eigenvalue weighted by molar-refractivity contribution is 9.10. The Balaban J connectivity index is 1.73. The van der Waals surface area contributed by atoms with Crippen LogP contribution in [-0.4, -0.2) is 18.0 Å². The van der Waals surface area contributed by atoms with Gasteiger partial charge < -0.3 is 0 Å². The molecule has 3 rings (SSSR count). The molecule has 0 N–H and O–H groups in total. The van der Waals surface area contributed by atoms with Crippen molar-refractivity contribution in [3.63, 3.8) is 0 Å². The minimum Gasteiger partial charge on any atom is -0.299 e. The lowest BCUT2D eigenvalue weighted by Crippen LogP contribution is -2.34. The maximum atomic E-state index is 10.4. The van der Waals surface area contributed by atoms with Crippen LogP contribution in [-0.2, 0) is 12.0 Å². The zero-order valence-corrected chi connectivity index (χ0v) is 18.5. The van der Waals surface area contributed by atoms with Gasteiger partial charge in [0.1, 0.15) is 0 Å². The van der Waals surface area contributed by atoms with Crippen LogP contribution in [0, 0.1) is 17.2 Å². The summed E-state index contributed by atoms with van der Waals surface area (Å²) in [5.41, 5.74) is 2.18. The highest BCUT2D eigenvalue weighted by Gasteiger charge is 2.42. The number of nitriles is 1. The molecule has 3 heteroatoms. The van der Waals surface area contributed by atoms with Crippen molar-refractivity contribution < 1.29 is 0 Å².